The third-order valence-electron chi connectivity index (χ3n) is 2.61. The number of para-hydroxylation sites is 1. The van der Waals surface area contributed by atoms with Gasteiger partial charge in [0.15, 0.2) is 0 Å². The smallest absolute Gasteiger partial charge is 0.259 e. The van der Waals surface area contributed by atoms with Crippen molar-refractivity contribution in [2.45, 2.75) is 5.33 Å². The number of benzene rings is 2. The minimum Gasteiger partial charge on any atom is -0.507 e. The van der Waals surface area contributed by atoms with E-state index in [-0.39, 0.29) is 17.2 Å². The Balaban J connectivity index is 2.26. The Morgan fingerprint density at radius 3 is 2.68 bits per heavy atom. The minimum absolute atomic E-state index is 0.138. The van der Waals surface area contributed by atoms with Gasteiger partial charge in [-0.1, -0.05) is 45.7 Å². The molecular weight excluding hydrogens is 330 g/mol. The molecule has 0 spiro atoms. The molecule has 5 heteroatoms. The number of carbonyl (C=O) groups excluding carboxylic acids is 1. The van der Waals surface area contributed by atoms with Gasteiger partial charge in [0.1, 0.15) is 5.75 Å². The van der Waals surface area contributed by atoms with Gasteiger partial charge in [-0.3, -0.25) is 4.79 Å². The summed E-state index contributed by atoms with van der Waals surface area (Å²) in [4.78, 5) is 12.1. The molecule has 19 heavy (non-hydrogen) atoms. The molecule has 0 bridgehead atoms. The Hall–Kier alpha value is -1.52. The molecule has 0 aromatic heterocycles. The van der Waals surface area contributed by atoms with Crippen molar-refractivity contribution < 1.29 is 9.90 Å². The zero-order valence-corrected chi connectivity index (χ0v) is 12.2. The van der Waals surface area contributed by atoms with Gasteiger partial charge < -0.3 is 10.4 Å². The molecule has 3 nitrogen and oxygen atoms in total. The Morgan fingerprint density at radius 2 is 2.00 bits per heavy atom. The largest absolute Gasteiger partial charge is 0.507 e. The van der Waals surface area contributed by atoms with Crippen LogP contribution in [0.2, 0.25) is 5.02 Å². The lowest BCUT2D eigenvalue weighted by atomic mass is 10.1. The number of hydrogen-bond donors (Lipinski definition) is 2. The second-order valence-corrected chi connectivity index (χ2v) is 4.90. The number of phenols is 1. The van der Waals surface area contributed by atoms with Crippen LogP contribution in [0.5, 0.6) is 5.75 Å². The lowest BCUT2D eigenvalue weighted by Gasteiger charge is -2.10. The molecule has 0 saturated heterocycles. The fourth-order valence-electron chi connectivity index (χ4n) is 1.65. The van der Waals surface area contributed by atoms with Crippen molar-refractivity contribution in [2.24, 2.45) is 0 Å². The maximum Gasteiger partial charge on any atom is 0.259 e. The fourth-order valence-corrected chi connectivity index (χ4v) is 2.30. The summed E-state index contributed by atoms with van der Waals surface area (Å²) in [6.07, 6.45) is 0. The van der Waals surface area contributed by atoms with Crippen LogP contribution in [0.3, 0.4) is 0 Å². The van der Waals surface area contributed by atoms with Gasteiger partial charge in [0.05, 0.1) is 5.56 Å². The first-order valence-electron chi connectivity index (χ1n) is 5.55. The number of halogens is 2. The van der Waals surface area contributed by atoms with Gasteiger partial charge >= 0.3 is 0 Å². The lowest BCUT2D eigenvalue weighted by molar-refractivity contribution is 0.102. The van der Waals surface area contributed by atoms with Crippen molar-refractivity contribution in [3.63, 3.8) is 0 Å². The van der Waals surface area contributed by atoms with Crippen LogP contribution in [0.25, 0.3) is 0 Å². The topological polar surface area (TPSA) is 49.3 Å². The molecule has 0 radical (unpaired) electrons. The first kappa shape index (κ1) is 13.9. The minimum atomic E-state index is -0.373. The van der Waals surface area contributed by atoms with E-state index in [1.807, 2.05) is 24.3 Å². The van der Waals surface area contributed by atoms with Crippen molar-refractivity contribution >= 4 is 39.1 Å². The predicted molar refractivity (Wildman–Crippen MR) is 80.1 cm³/mol. The van der Waals surface area contributed by atoms with Gasteiger partial charge in [0.25, 0.3) is 5.91 Å². The highest BCUT2D eigenvalue weighted by Crippen LogP contribution is 2.24. The van der Waals surface area contributed by atoms with E-state index in [0.29, 0.717) is 16.0 Å². The summed E-state index contributed by atoms with van der Waals surface area (Å²) in [6, 6.07) is 11.8. The molecule has 0 saturated carbocycles. The van der Waals surface area contributed by atoms with Crippen molar-refractivity contribution in [3.8, 4) is 5.75 Å². The van der Waals surface area contributed by atoms with Gasteiger partial charge in [-0.15, -0.1) is 0 Å². The van der Waals surface area contributed by atoms with Gasteiger partial charge in [0, 0.05) is 16.0 Å². The monoisotopic (exact) mass is 339 g/mol. The molecule has 2 aromatic rings. The second-order valence-electron chi connectivity index (χ2n) is 3.91. The van der Waals surface area contributed by atoms with Crippen LogP contribution < -0.4 is 5.32 Å². The molecule has 98 valence electrons. The molecule has 2 N–H and O–H groups in total. The predicted octanol–water partition coefficient (Wildman–Crippen LogP) is 4.19. The third-order valence-corrected chi connectivity index (χ3v) is 3.45. The second kappa shape index (κ2) is 6.08. The number of carbonyl (C=O) groups is 1. The van der Waals surface area contributed by atoms with E-state index in [1.165, 1.54) is 12.1 Å². The van der Waals surface area contributed by atoms with Gasteiger partial charge in [-0.2, -0.15) is 0 Å². The Bertz CT molecular complexity index is 616. The SMILES string of the molecule is O=C(Nc1ccccc1CBr)c1ccc(Cl)cc1O. The van der Waals surface area contributed by atoms with Crippen molar-refractivity contribution in [2.75, 3.05) is 5.32 Å². The lowest BCUT2D eigenvalue weighted by Crippen LogP contribution is -2.13. The van der Waals surface area contributed by atoms with E-state index >= 15 is 0 Å². The summed E-state index contributed by atoms with van der Waals surface area (Å²) < 4.78 is 0. The molecule has 0 heterocycles. The van der Waals surface area contributed by atoms with Crippen molar-refractivity contribution in [1.29, 1.82) is 0 Å². The average Bonchev–Trinajstić information content (AvgIpc) is 2.39. The summed E-state index contributed by atoms with van der Waals surface area (Å²) in [6.45, 7) is 0. The summed E-state index contributed by atoms with van der Waals surface area (Å²) >= 11 is 9.09. The molecular formula is C14H11BrClNO2. The summed E-state index contributed by atoms with van der Waals surface area (Å²) in [5.41, 5.74) is 1.86. The van der Waals surface area contributed by atoms with Crippen LogP contribution >= 0.6 is 27.5 Å². The van der Waals surface area contributed by atoms with Gasteiger partial charge in [0.2, 0.25) is 0 Å². The van der Waals surface area contributed by atoms with Gasteiger partial charge in [-0.05, 0) is 29.8 Å². The summed E-state index contributed by atoms with van der Waals surface area (Å²) in [5, 5.41) is 13.5. The number of amides is 1. The van der Waals surface area contributed by atoms with E-state index in [9.17, 15) is 9.90 Å². The maximum atomic E-state index is 12.1. The van der Waals surface area contributed by atoms with Crippen molar-refractivity contribution in [3.05, 3.63) is 58.6 Å². The highest BCUT2D eigenvalue weighted by Gasteiger charge is 2.12. The first-order chi connectivity index (χ1) is 9.11. The van der Waals surface area contributed by atoms with Crippen LogP contribution in [-0.2, 0) is 5.33 Å². The highest BCUT2D eigenvalue weighted by atomic mass is 79.9. The molecule has 2 aromatic carbocycles. The zero-order valence-electron chi connectivity index (χ0n) is 9.86. The van der Waals surface area contributed by atoms with Crippen LogP contribution in [0, 0.1) is 0 Å². The molecule has 0 aliphatic rings. The van der Waals surface area contributed by atoms with E-state index in [1.54, 1.807) is 6.07 Å². The van der Waals surface area contributed by atoms with Crippen molar-refractivity contribution in [1.82, 2.24) is 0 Å². The standard InChI is InChI=1S/C14H11BrClNO2/c15-8-9-3-1-2-4-12(9)17-14(19)11-6-5-10(16)7-13(11)18/h1-7,18H,8H2,(H,17,19). The van der Waals surface area contributed by atoms with Crippen LogP contribution in [0.15, 0.2) is 42.5 Å². The number of anilines is 1. The molecule has 0 unspecified atom stereocenters. The summed E-state index contributed by atoms with van der Waals surface area (Å²) in [7, 11) is 0. The third kappa shape index (κ3) is 3.28. The quantitative estimate of drug-likeness (QED) is 0.823. The molecule has 0 aliphatic carbocycles. The normalized spacial score (nSPS) is 10.2. The fraction of sp³-hybridized carbons (Fsp3) is 0.0714. The molecule has 1 amide bonds. The van der Waals surface area contributed by atoms with Crippen LogP contribution in [0.1, 0.15) is 15.9 Å². The number of aromatic hydroxyl groups is 1. The Kier molecular flexibility index (Phi) is 4.45. The first-order valence-corrected chi connectivity index (χ1v) is 7.05. The zero-order chi connectivity index (χ0) is 13.8. The highest BCUT2D eigenvalue weighted by molar-refractivity contribution is 9.08. The molecule has 2 rings (SSSR count). The Labute approximate surface area is 124 Å². The van der Waals surface area contributed by atoms with Gasteiger partial charge in [-0.25, -0.2) is 0 Å². The van der Waals surface area contributed by atoms with Crippen LogP contribution in [0.4, 0.5) is 5.69 Å². The number of hydrogen-bond acceptors (Lipinski definition) is 2. The number of alkyl halides is 1. The van der Waals surface area contributed by atoms with E-state index < -0.39 is 0 Å². The van der Waals surface area contributed by atoms with E-state index in [2.05, 4.69) is 21.2 Å². The number of rotatable bonds is 3. The van der Waals surface area contributed by atoms with E-state index in [4.69, 9.17) is 11.6 Å². The van der Waals surface area contributed by atoms with E-state index in [0.717, 1.165) is 5.56 Å². The molecule has 0 aliphatic heterocycles. The maximum absolute atomic E-state index is 12.1. The number of phenolic OH excluding ortho intramolecular Hbond substituents is 1. The average molecular weight is 341 g/mol. The van der Waals surface area contributed by atoms with Crippen LogP contribution in [-0.4, -0.2) is 11.0 Å². The number of nitrogens with one attached hydrogen (secondary N) is 1. The molecule has 0 atom stereocenters. The Morgan fingerprint density at radius 1 is 1.26 bits per heavy atom. The molecule has 0 fully saturated rings. The summed E-state index contributed by atoms with van der Waals surface area (Å²) in [5.74, 6) is -0.510.